The highest BCUT2D eigenvalue weighted by Crippen LogP contribution is 2.22. The topological polar surface area (TPSA) is 139 Å². The molecule has 1 heterocycles. The summed E-state index contributed by atoms with van der Waals surface area (Å²) in [6.45, 7) is 1.68. The van der Waals surface area contributed by atoms with E-state index in [-0.39, 0.29) is 11.3 Å². The molecule has 0 aliphatic heterocycles. The number of nitro benzene ring substituents is 1. The first-order chi connectivity index (χ1) is 10.0. The van der Waals surface area contributed by atoms with Gasteiger partial charge >= 0.3 is 0 Å². The van der Waals surface area contributed by atoms with Gasteiger partial charge in [0.05, 0.1) is 16.5 Å². The number of benzene rings is 1. The molecule has 1 aromatic carbocycles. The lowest BCUT2D eigenvalue weighted by atomic mass is 10.1. The number of hydrogen-bond donors (Lipinski definition) is 3. The van der Waals surface area contributed by atoms with Crippen molar-refractivity contribution in [2.24, 2.45) is 0 Å². The Morgan fingerprint density at radius 3 is 2.81 bits per heavy atom. The first-order valence-electron chi connectivity index (χ1n) is 6.03. The van der Waals surface area contributed by atoms with Gasteiger partial charge in [-0.3, -0.25) is 14.9 Å². The Balaban J connectivity index is 2.25. The number of aromatic nitrogens is 4. The van der Waals surface area contributed by atoms with E-state index in [4.69, 9.17) is 0 Å². The lowest BCUT2D eigenvalue weighted by molar-refractivity contribution is -0.384. The van der Waals surface area contributed by atoms with Gasteiger partial charge in [0, 0.05) is 24.9 Å². The van der Waals surface area contributed by atoms with Gasteiger partial charge < -0.3 is 10.6 Å². The minimum absolute atomic E-state index is 0.161. The van der Waals surface area contributed by atoms with Gasteiger partial charge in [-0.2, -0.15) is 5.21 Å². The Morgan fingerprint density at radius 2 is 2.24 bits per heavy atom. The molecule has 21 heavy (non-hydrogen) atoms. The number of H-pyrrole nitrogens is 1. The van der Waals surface area contributed by atoms with Crippen LogP contribution < -0.4 is 10.6 Å². The van der Waals surface area contributed by atoms with E-state index in [2.05, 4.69) is 31.3 Å². The summed E-state index contributed by atoms with van der Waals surface area (Å²) in [6.07, 6.45) is 0. The number of aromatic amines is 1. The van der Waals surface area contributed by atoms with Crippen molar-refractivity contribution in [2.75, 3.05) is 12.4 Å². The van der Waals surface area contributed by atoms with Crippen molar-refractivity contribution in [3.63, 3.8) is 0 Å². The number of carbonyl (C=O) groups excluding carboxylic acids is 1. The zero-order chi connectivity index (χ0) is 15.4. The van der Waals surface area contributed by atoms with Crippen LogP contribution in [0.1, 0.15) is 29.1 Å². The summed E-state index contributed by atoms with van der Waals surface area (Å²) >= 11 is 0. The van der Waals surface area contributed by atoms with Gasteiger partial charge in [0.1, 0.15) is 0 Å². The summed E-state index contributed by atoms with van der Waals surface area (Å²) in [5.41, 5.74) is 0.492. The standard InChI is InChI=1S/C11H13N7O3/c1-6(10-14-16-17-15-10)13-11(19)8-5-7(18(20)21)3-4-9(8)12-2/h3-6,12H,1-2H3,(H,13,19)(H,14,15,16,17). The first-order valence-corrected chi connectivity index (χ1v) is 6.03. The molecule has 10 nitrogen and oxygen atoms in total. The summed E-state index contributed by atoms with van der Waals surface area (Å²) in [6, 6.07) is 3.53. The molecule has 0 spiro atoms. The maximum Gasteiger partial charge on any atom is 0.270 e. The number of nitrogens with one attached hydrogen (secondary N) is 3. The molecule has 1 amide bonds. The fourth-order valence-electron chi connectivity index (χ4n) is 1.74. The largest absolute Gasteiger partial charge is 0.387 e. The number of carbonyl (C=O) groups is 1. The molecular formula is C11H13N7O3. The number of non-ortho nitro benzene ring substituents is 1. The Hall–Kier alpha value is -3.04. The van der Waals surface area contributed by atoms with Crippen molar-refractivity contribution >= 4 is 17.3 Å². The number of nitro groups is 1. The molecule has 0 saturated heterocycles. The maximum atomic E-state index is 12.2. The van der Waals surface area contributed by atoms with E-state index in [1.165, 1.54) is 18.2 Å². The molecule has 0 fully saturated rings. The fraction of sp³-hybridized carbons (Fsp3) is 0.273. The Bertz CT molecular complexity index is 656. The van der Waals surface area contributed by atoms with Gasteiger partial charge in [-0.1, -0.05) is 5.21 Å². The molecule has 0 bridgehead atoms. The van der Waals surface area contributed by atoms with Crippen LogP contribution >= 0.6 is 0 Å². The summed E-state index contributed by atoms with van der Waals surface area (Å²) in [4.78, 5) is 22.5. The third kappa shape index (κ3) is 3.11. The Labute approximate surface area is 119 Å². The second kappa shape index (κ2) is 5.94. The molecular weight excluding hydrogens is 278 g/mol. The minimum atomic E-state index is -0.557. The van der Waals surface area contributed by atoms with E-state index in [0.29, 0.717) is 11.5 Å². The van der Waals surface area contributed by atoms with Gasteiger partial charge in [-0.15, -0.1) is 10.2 Å². The second-order valence-corrected chi connectivity index (χ2v) is 4.20. The molecule has 0 aliphatic rings. The van der Waals surface area contributed by atoms with Crippen LogP contribution in [0.25, 0.3) is 0 Å². The lowest BCUT2D eigenvalue weighted by Crippen LogP contribution is -2.28. The highest BCUT2D eigenvalue weighted by molar-refractivity contribution is 6.00. The molecule has 0 saturated carbocycles. The smallest absolute Gasteiger partial charge is 0.270 e. The Morgan fingerprint density at radius 1 is 1.48 bits per heavy atom. The van der Waals surface area contributed by atoms with E-state index >= 15 is 0 Å². The zero-order valence-corrected chi connectivity index (χ0v) is 11.3. The Kier molecular flexibility index (Phi) is 4.07. The normalized spacial score (nSPS) is 11.7. The van der Waals surface area contributed by atoms with Crippen LogP contribution in [0.5, 0.6) is 0 Å². The van der Waals surface area contributed by atoms with Crippen LogP contribution in [-0.2, 0) is 0 Å². The van der Waals surface area contributed by atoms with Crippen LogP contribution in [-0.4, -0.2) is 38.5 Å². The van der Waals surface area contributed by atoms with E-state index in [1.54, 1.807) is 14.0 Å². The van der Waals surface area contributed by atoms with E-state index in [9.17, 15) is 14.9 Å². The molecule has 0 radical (unpaired) electrons. The summed E-state index contributed by atoms with van der Waals surface area (Å²) in [5.74, 6) is -0.153. The van der Waals surface area contributed by atoms with E-state index < -0.39 is 16.9 Å². The van der Waals surface area contributed by atoms with Gasteiger partial charge in [0.25, 0.3) is 11.6 Å². The molecule has 10 heteroatoms. The second-order valence-electron chi connectivity index (χ2n) is 4.20. The minimum Gasteiger partial charge on any atom is -0.387 e. The van der Waals surface area contributed by atoms with Crippen LogP contribution in [0.3, 0.4) is 0 Å². The molecule has 1 unspecified atom stereocenters. The predicted molar refractivity (Wildman–Crippen MR) is 72.7 cm³/mol. The van der Waals surface area contributed by atoms with E-state index in [0.717, 1.165) is 0 Å². The van der Waals surface area contributed by atoms with Gasteiger partial charge in [0.2, 0.25) is 0 Å². The van der Waals surface area contributed by atoms with Crippen LogP contribution in [0.15, 0.2) is 18.2 Å². The first kappa shape index (κ1) is 14.4. The van der Waals surface area contributed by atoms with Crippen molar-refractivity contribution in [3.8, 4) is 0 Å². The zero-order valence-electron chi connectivity index (χ0n) is 11.3. The number of rotatable bonds is 5. The maximum absolute atomic E-state index is 12.2. The van der Waals surface area contributed by atoms with Crippen molar-refractivity contribution < 1.29 is 9.72 Å². The van der Waals surface area contributed by atoms with Crippen LogP contribution in [0.4, 0.5) is 11.4 Å². The third-order valence-electron chi connectivity index (χ3n) is 2.82. The van der Waals surface area contributed by atoms with Gasteiger partial charge in [0.15, 0.2) is 5.82 Å². The number of amides is 1. The third-order valence-corrected chi connectivity index (χ3v) is 2.82. The van der Waals surface area contributed by atoms with Crippen molar-refractivity contribution in [3.05, 3.63) is 39.7 Å². The average Bonchev–Trinajstić information content (AvgIpc) is 3.00. The highest BCUT2D eigenvalue weighted by atomic mass is 16.6. The number of hydrogen-bond acceptors (Lipinski definition) is 7. The summed E-state index contributed by atoms with van der Waals surface area (Å²) in [7, 11) is 1.63. The average molecular weight is 291 g/mol. The van der Waals surface area contributed by atoms with Crippen LogP contribution in [0, 0.1) is 10.1 Å². The quantitative estimate of drug-likeness (QED) is 0.542. The van der Waals surface area contributed by atoms with E-state index in [1.807, 2.05) is 0 Å². The van der Waals surface area contributed by atoms with Crippen LogP contribution in [0.2, 0.25) is 0 Å². The summed E-state index contributed by atoms with van der Waals surface area (Å²) in [5, 5.41) is 29.5. The molecule has 1 atom stereocenters. The number of nitrogens with zero attached hydrogens (tertiary/aromatic N) is 4. The monoisotopic (exact) mass is 291 g/mol. The van der Waals surface area contributed by atoms with Crippen molar-refractivity contribution in [2.45, 2.75) is 13.0 Å². The van der Waals surface area contributed by atoms with Crippen molar-refractivity contribution in [1.82, 2.24) is 25.9 Å². The number of tetrazole rings is 1. The highest BCUT2D eigenvalue weighted by Gasteiger charge is 2.19. The summed E-state index contributed by atoms with van der Waals surface area (Å²) < 4.78 is 0. The molecule has 3 N–H and O–H groups in total. The molecule has 2 rings (SSSR count). The fourth-order valence-corrected chi connectivity index (χ4v) is 1.74. The number of anilines is 1. The van der Waals surface area contributed by atoms with Crippen molar-refractivity contribution in [1.29, 1.82) is 0 Å². The molecule has 110 valence electrons. The molecule has 1 aromatic heterocycles. The SMILES string of the molecule is CNc1ccc([N+](=O)[O-])cc1C(=O)NC(C)c1nn[nH]n1. The predicted octanol–water partition coefficient (Wildman–Crippen LogP) is 0.641. The molecule has 0 aliphatic carbocycles. The van der Waals surface area contributed by atoms with Gasteiger partial charge in [-0.05, 0) is 13.0 Å². The van der Waals surface area contributed by atoms with Gasteiger partial charge in [-0.25, -0.2) is 0 Å². The molecule has 2 aromatic rings. The lowest BCUT2D eigenvalue weighted by Gasteiger charge is -2.12.